The Labute approximate surface area is 163 Å². The number of nitrogens with one attached hydrogen (secondary N) is 1. The first kappa shape index (κ1) is 17.9. The number of nitrogens with zero attached hydrogens (tertiary/aromatic N) is 3. The summed E-state index contributed by atoms with van der Waals surface area (Å²) in [5.41, 5.74) is 2.41. The van der Waals surface area contributed by atoms with Crippen LogP contribution in [0.5, 0.6) is 0 Å². The van der Waals surface area contributed by atoms with E-state index in [-0.39, 0.29) is 11.9 Å². The number of anilines is 1. The second kappa shape index (κ2) is 7.64. The zero-order valence-corrected chi connectivity index (χ0v) is 16.6. The molecule has 1 unspecified atom stereocenters. The minimum Gasteiger partial charge on any atom is -0.365 e. The number of hydrogen-bond acceptors (Lipinski definition) is 5. The minimum atomic E-state index is 0.235. The van der Waals surface area contributed by atoms with Crippen LogP contribution in [0.2, 0.25) is 0 Å². The predicted octanol–water partition coefficient (Wildman–Crippen LogP) is 3.95. The van der Waals surface area contributed by atoms with Gasteiger partial charge in [-0.05, 0) is 43.2 Å². The van der Waals surface area contributed by atoms with Gasteiger partial charge in [0.2, 0.25) is 5.91 Å². The number of thiophene rings is 1. The van der Waals surface area contributed by atoms with Crippen molar-refractivity contribution in [3.8, 4) is 0 Å². The van der Waals surface area contributed by atoms with Crippen LogP contribution in [0, 0.1) is 13.8 Å². The Hall–Kier alpha value is -2.47. The molecule has 140 valence electrons. The number of hydrogen-bond donors (Lipinski definition) is 1. The molecule has 4 rings (SSSR count). The fourth-order valence-electron chi connectivity index (χ4n) is 3.65. The van der Waals surface area contributed by atoms with Gasteiger partial charge in [-0.25, -0.2) is 9.97 Å². The summed E-state index contributed by atoms with van der Waals surface area (Å²) in [5.74, 6) is 1.92. The highest BCUT2D eigenvalue weighted by Crippen LogP contribution is 2.30. The van der Waals surface area contributed by atoms with Crippen molar-refractivity contribution in [3.63, 3.8) is 0 Å². The molecule has 1 fully saturated rings. The Balaban J connectivity index is 1.39. The molecule has 1 saturated heterocycles. The lowest BCUT2D eigenvalue weighted by atomic mass is 10.1. The average molecular weight is 381 g/mol. The SMILES string of the molecule is Cc1nc(NC2CCN(C(=O)CCc3ccccc3)C2)c2c(C)csc2n1. The van der Waals surface area contributed by atoms with Crippen molar-refractivity contribution >= 4 is 33.3 Å². The third kappa shape index (κ3) is 3.95. The topological polar surface area (TPSA) is 58.1 Å². The Morgan fingerprint density at radius 3 is 2.89 bits per heavy atom. The Kier molecular flexibility index (Phi) is 5.07. The first-order valence-corrected chi connectivity index (χ1v) is 10.3. The molecule has 2 aromatic heterocycles. The second-order valence-electron chi connectivity index (χ2n) is 7.17. The number of likely N-dealkylation sites (tertiary alicyclic amines) is 1. The highest BCUT2D eigenvalue weighted by atomic mass is 32.1. The summed E-state index contributed by atoms with van der Waals surface area (Å²) in [6, 6.07) is 10.4. The van der Waals surface area contributed by atoms with Gasteiger partial charge >= 0.3 is 0 Å². The van der Waals surface area contributed by atoms with Gasteiger partial charge in [-0.3, -0.25) is 4.79 Å². The van der Waals surface area contributed by atoms with E-state index in [9.17, 15) is 4.79 Å². The van der Waals surface area contributed by atoms with Gasteiger partial charge < -0.3 is 10.2 Å². The van der Waals surface area contributed by atoms with E-state index in [1.807, 2.05) is 30.0 Å². The molecule has 27 heavy (non-hydrogen) atoms. The molecule has 5 nitrogen and oxygen atoms in total. The third-order valence-electron chi connectivity index (χ3n) is 5.08. The van der Waals surface area contributed by atoms with Crippen LogP contribution in [0.3, 0.4) is 0 Å². The van der Waals surface area contributed by atoms with E-state index in [1.165, 1.54) is 11.1 Å². The van der Waals surface area contributed by atoms with Crippen LogP contribution in [0.4, 0.5) is 5.82 Å². The lowest BCUT2D eigenvalue weighted by Crippen LogP contribution is -2.31. The van der Waals surface area contributed by atoms with Gasteiger partial charge in [0.05, 0.1) is 5.39 Å². The van der Waals surface area contributed by atoms with Gasteiger partial charge in [0.1, 0.15) is 16.5 Å². The van der Waals surface area contributed by atoms with Crippen molar-refractivity contribution in [1.29, 1.82) is 0 Å². The highest BCUT2D eigenvalue weighted by Gasteiger charge is 2.27. The number of benzene rings is 1. The van der Waals surface area contributed by atoms with Crippen LogP contribution in [0.25, 0.3) is 10.2 Å². The molecule has 3 heterocycles. The summed E-state index contributed by atoms with van der Waals surface area (Å²) in [6.45, 7) is 5.56. The summed E-state index contributed by atoms with van der Waals surface area (Å²) in [6.07, 6.45) is 2.32. The summed E-state index contributed by atoms with van der Waals surface area (Å²) >= 11 is 1.65. The number of carbonyl (C=O) groups is 1. The van der Waals surface area contributed by atoms with Gasteiger partial charge in [-0.2, -0.15) is 0 Å². The fourth-order valence-corrected chi connectivity index (χ4v) is 4.61. The Morgan fingerprint density at radius 2 is 2.07 bits per heavy atom. The molecule has 1 N–H and O–H groups in total. The van der Waals surface area contributed by atoms with Crippen LogP contribution in [0.15, 0.2) is 35.7 Å². The van der Waals surface area contributed by atoms with Gasteiger partial charge in [0, 0.05) is 25.6 Å². The molecular formula is C21H24N4OS. The maximum absolute atomic E-state index is 12.6. The van der Waals surface area contributed by atoms with Crippen LogP contribution < -0.4 is 5.32 Å². The number of aromatic nitrogens is 2. The van der Waals surface area contributed by atoms with Crippen molar-refractivity contribution in [2.24, 2.45) is 0 Å². The van der Waals surface area contributed by atoms with Gasteiger partial charge in [0.15, 0.2) is 0 Å². The van der Waals surface area contributed by atoms with Crippen molar-refractivity contribution in [2.75, 3.05) is 18.4 Å². The lowest BCUT2D eigenvalue weighted by molar-refractivity contribution is -0.130. The van der Waals surface area contributed by atoms with Gasteiger partial charge in [-0.1, -0.05) is 30.3 Å². The van der Waals surface area contributed by atoms with Crippen LogP contribution in [0.1, 0.15) is 29.8 Å². The molecule has 0 bridgehead atoms. The molecule has 0 aliphatic carbocycles. The van der Waals surface area contributed by atoms with E-state index in [1.54, 1.807) is 11.3 Å². The van der Waals surface area contributed by atoms with E-state index in [4.69, 9.17) is 0 Å². The smallest absolute Gasteiger partial charge is 0.222 e. The van der Waals surface area contributed by atoms with E-state index in [0.717, 1.165) is 47.8 Å². The highest BCUT2D eigenvalue weighted by molar-refractivity contribution is 7.17. The molecule has 0 saturated carbocycles. The third-order valence-corrected chi connectivity index (χ3v) is 6.07. The number of fused-ring (bicyclic) bond motifs is 1. The zero-order chi connectivity index (χ0) is 18.8. The van der Waals surface area contributed by atoms with Crippen molar-refractivity contribution in [1.82, 2.24) is 14.9 Å². The maximum Gasteiger partial charge on any atom is 0.222 e. The minimum absolute atomic E-state index is 0.235. The van der Waals surface area contributed by atoms with Gasteiger partial charge in [-0.15, -0.1) is 11.3 Å². The monoisotopic (exact) mass is 380 g/mol. The molecule has 1 atom stereocenters. The predicted molar refractivity (Wildman–Crippen MR) is 110 cm³/mol. The fraction of sp³-hybridized carbons (Fsp3) is 0.381. The van der Waals surface area contributed by atoms with E-state index < -0.39 is 0 Å². The van der Waals surface area contributed by atoms with Crippen molar-refractivity contribution in [3.05, 3.63) is 52.7 Å². The van der Waals surface area contributed by atoms with E-state index in [0.29, 0.717) is 6.42 Å². The van der Waals surface area contributed by atoms with Crippen molar-refractivity contribution in [2.45, 2.75) is 39.2 Å². The molecule has 1 amide bonds. The molecule has 1 aliphatic rings. The largest absolute Gasteiger partial charge is 0.365 e. The maximum atomic E-state index is 12.6. The quantitative estimate of drug-likeness (QED) is 0.728. The Bertz CT molecular complexity index is 953. The van der Waals surface area contributed by atoms with Crippen molar-refractivity contribution < 1.29 is 4.79 Å². The molecule has 0 spiro atoms. The van der Waals surface area contributed by atoms with Crippen LogP contribution in [-0.4, -0.2) is 39.9 Å². The average Bonchev–Trinajstić information content (AvgIpc) is 3.27. The molecule has 3 aromatic rings. The number of aryl methyl sites for hydroxylation is 3. The first-order chi connectivity index (χ1) is 13.1. The summed E-state index contributed by atoms with van der Waals surface area (Å²) in [5, 5.41) is 6.81. The molecule has 1 aliphatic heterocycles. The molecule has 1 aromatic carbocycles. The number of rotatable bonds is 5. The lowest BCUT2D eigenvalue weighted by Gasteiger charge is -2.18. The standard InChI is InChI=1S/C21H24N4OS/c1-14-13-27-21-19(14)20(22-15(2)23-21)24-17-10-11-25(12-17)18(26)9-8-16-6-4-3-5-7-16/h3-7,13,17H,8-12H2,1-2H3,(H,22,23,24). The molecular weight excluding hydrogens is 356 g/mol. The second-order valence-corrected chi connectivity index (χ2v) is 8.03. The first-order valence-electron chi connectivity index (χ1n) is 9.41. The van der Waals surface area contributed by atoms with Crippen LogP contribution in [-0.2, 0) is 11.2 Å². The molecule has 0 radical (unpaired) electrons. The summed E-state index contributed by atoms with van der Waals surface area (Å²) < 4.78 is 0. The molecule has 6 heteroatoms. The van der Waals surface area contributed by atoms with Crippen LogP contribution >= 0.6 is 11.3 Å². The van der Waals surface area contributed by atoms with Gasteiger partial charge in [0.25, 0.3) is 0 Å². The summed E-state index contributed by atoms with van der Waals surface area (Å²) in [7, 11) is 0. The number of carbonyl (C=O) groups excluding carboxylic acids is 1. The Morgan fingerprint density at radius 1 is 1.26 bits per heavy atom. The zero-order valence-electron chi connectivity index (χ0n) is 15.7. The normalized spacial score (nSPS) is 16.8. The van der Waals surface area contributed by atoms with E-state index >= 15 is 0 Å². The van der Waals surface area contributed by atoms with E-state index in [2.05, 4.69) is 39.7 Å². The number of amides is 1. The summed E-state index contributed by atoms with van der Waals surface area (Å²) in [4.78, 5) is 24.7.